The molecule has 0 bridgehead atoms. The molecule has 0 saturated carbocycles. The Morgan fingerprint density at radius 2 is 1.59 bits per heavy atom. The maximum Gasteiger partial charge on any atom is 0.408 e. The Kier molecular flexibility index (Phi) is 11.8. The third-order valence-corrected chi connectivity index (χ3v) is 6.85. The zero-order valence-corrected chi connectivity index (χ0v) is 26.3. The molecule has 8 nitrogen and oxygen atoms in total. The summed E-state index contributed by atoms with van der Waals surface area (Å²) in [6.45, 7) is 17.5. The average molecular weight is 568 g/mol. The van der Waals surface area contributed by atoms with Crippen molar-refractivity contribution in [3.63, 3.8) is 0 Å². The van der Waals surface area contributed by atoms with E-state index in [1.165, 1.54) is 12.1 Å². The lowest BCUT2D eigenvalue weighted by Gasteiger charge is -2.43. The van der Waals surface area contributed by atoms with Crippen molar-refractivity contribution in [2.24, 2.45) is 0 Å². The van der Waals surface area contributed by atoms with E-state index in [-0.39, 0.29) is 18.1 Å². The Labute approximate surface area is 245 Å². The third-order valence-electron chi connectivity index (χ3n) is 6.85. The van der Waals surface area contributed by atoms with Crippen LogP contribution in [-0.2, 0) is 20.7 Å². The fourth-order valence-corrected chi connectivity index (χ4v) is 4.68. The summed E-state index contributed by atoms with van der Waals surface area (Å²) in [5.74, 6) is -0.576. The second kappa shape index (κ2) is 14.4. The summed E-state index contributed by atoms with van der Waals surface area (Å²) >= 11 is 0. The molecule has 0 fully saturated rings. The summed E-state index contributed by atoms with van der Waals surface area (Å²) in [6.07, 6.45) is 2.27. The summed E-state index contributed by atoms with van der Waals surface area (Å²) in [6, 6.07) is 10.3. The SMILES string of the molecule is CCCCCNC(=O)C(c1cccc(C)c1C)N(C(=O)C(Cc1ccc(O)cc1)NC(=O)OC(C)(C)C)C(C)(C)C. The van der Waals surface area contributed by atoms with Crippen LogP contribution in [0.2, 0.25) is 0 Å². The number of unbranched alkanes of at least 4 members (excludes halogenated alkanes) is 2. The van der Waals surface area contributed by atoms with E-state index in [1.54, 1.807) is 37.8 Å². The first-order valence-corrected chi connectivity index (χ1v) is 14.5. The third kappa shape index (κ3) is 10.1. The molecule has 0 aliphatic heterocycles. The number of carbonyl (C=O) groups excluding carboxylic acids is 3. The number of aromatic hydroxyl groups is 1. The van der Waals surface area contributed by atoms with Crippen molar-refractivity contribution in [3.05, 3.63) is 64.7 Å². The van der Waals surface area contributed by atoms with Crippen LogP contribution >= 0.6 is 0 Å². The highest BCUT2D eigenvalue weighted by Crippen LogP contribution is 2.33. The normalized spacial score (nSPS) is 13.2. The number of benzene rings is 2. The quantitative estimate of drug-likeness (QED) is 0.284. The summed E-state index contributed by atoms with van der Waals surface area (Å²) in [5, 5.41) is 15.6. The zero-order chi connectivity index (χ0) is 31.0. The van der Waals surface area contributed by atoms with E-state index in [2.05, 4.69) is 17.6 Å². The minimum Gasteiger partial charge on any atom is -0.508 e. The largest absolute Gasteiger partial charge is 0.508 e. The van der Waals surface area contributed by atoms with Crippen LogP contribution < -0.4 is 10.6 Å². The number of ether oxygens (including phenoxy) is 1. The lowest BCUT2D eigenvalue weighted by molar-refractivity contribution is -0.148. The van der Waals surface area contributed by atoms with Crippen molar-refractivity contribution in [2.75, 3.05) is 6.54 Å². The zero-order valence-electron chi connectivity index (χ0n) is 26.3. The van der Waals surface area contributed by atoms with E-state index >= 15 is 0 Å². The van der Waals surface area contributed by atoms with Crippen LogP contribution in [0.15, 0.2) is 42.5 Å². The number of nitrogens with zero attached hydrogens (tertiary/aromatic N) is 1. The monoisotopic (exact) mass is 567 g/mol. The first kappa shape index (κ1) is 33.7. The maximum atomic E-state index is 14.6. The number of hydrogen-bond donors (Lipinski definition) is 3. The number of rotatable bonds is 11. The minimum atomic E-state index is -1.03. The molecule has 2 unspecified atom stereocenters. The van der Waals surface area contributed by atoms with E-state index in [1.807, 2.05) is 52.8 Å². The molecule has 0 heterocycles. The molecular weight excluding hydrogens is 518 g/mol. The lowest BCUT2D eigenvalue weighted by atomic mass is 9.90. The molecule has 0 radical (unpaired) electrons. The Bertz CT molecular complexity index is 1180. The first-order chi connectivity index (χ1) is 19.0. The van der Waals surface area contributed by atoms with Crippen molar-refractivity contribution in [1.82, 2.24) is 15.5 Å². The number of phenolic OH excluding ortho intramolecular Hbond substituents is 1. The lowest BCUT2D eigenvalue weighted by Crippen LogP contribution is -2.59. The van der Waals surface area contributed by atoms with Gasteiger partial charge in [-0.1, -0.05) is 50.1 Å². The van der Waals surface area contributed by atoms with Crippen LogP contribution in [0.5, 0.6) is 5.75 Å². The van der Waals surface area contributed by atoms with Crippen LogP contribution in [0.4, 0.5) is 4.79 Å². The Balaban J connectivity index is 2.62. The smallest absolute Gasteiger partial charge is 0.408 e. The fraction of sp³-hybridized carbons (Fsp3) is 0.545. The molecular formula is C33H49N3O5. The number of phenols is 1. The van der Waals surface area contributed by atoms with Crippen LogP contribution in [0.3, 0.4) is 0 Å². The van der Waals surface area contributed by atoms with Gasteiger partial charge in [0.05, 0.1) is 0 Å². The molecule has 2 aromatic rings. The van der Waals surface area contributed by atoms with Gasteiger partial charge in [0.2, 0.25) is 11.8 Å². The highest BCUT2D eigenvalue weighted by atomic mass is 16.6. The van der Waals surface area contributed by atoms with Gasteiger partial charge in [-0.05, 0) is 96.2 Å². The van der Waals surface area contributed by atoms with Gasteiger partial charge >= 0.3 is 6.09 Å². The van der Waals surface area contributed by atoms with Gasteiger partial charge in [0.1, 0.15) is 23.4 Å². The topological polar surface area (TPSA) is 108 Å². The Morgan fingerprint density at radius 3 is 2.15 bits per heavy atom. The van der Waals surface area contributed by atoms with Crippen LogP contribution in [0, 0.1) is 13.8 Å². The van der Waals surface area contributed by atoms with Crippen molar-refractivity contribution in [3.8, 4) is 5.75 Å². The average Bonchev–Trinajstić information content (AvgIpc) is 2.85. The molecule has 3 amide bonds. The number of alkyl carbamates (subject to hydrolysis) is 1. The summed E-state index contributed by atoms with van der Waals surface area (Å²) in [4.78, 5) is 43.1. The predicted octanol–water partition coefficient (Wildman–Crippen LogP) is 6.12. The number of hydrogen-bond acceptors (Lipinski definition) is 5. The van der Waals surface area contributed by atoms with Crippen LogP contribution in [-0.4, -0.2) is 51.6 Å². The van der Waals surface area contributed by atoms with Gasteiger partial charge in [-0.2, -0.15) is 0 Å². The number of aryl methyl sites for hydroxylation is 1. The predicted molar refractivity (Wildman–Crippen MR) is 163 cm³/mol. The van der Waals surface area contributed by atoms with Crippen molar-refractivity contribution >= 4 is 17.9 Å². The molecule has 8 heteroatoms. The summed E-state index contributed by atoms with van der Waals surface area (Å²) in [5.41, 5.74) is 1.86. The van der Waals surface area contributed by atoms with Gasteiger partial charge in [-0.15, -0.1) is 0 Å². The van der Waals surface area contributed by atoms with E-state index in [4.69, 9.17) is 4.74 Å². The number of nitrogens with one attached hydrogen (secondary N) is 2. The van der Waals surface area contributed by atoms with Gasteiger partial charge < -0.3 is 25.4 Å². The molecule has 0 aliphatic rings. The van der Waals surface area contributed by atoms with Gasteiger partial charge in [-0.3, -0.25) is 9.59 Å². The Hall–Kier alpha value is -3.55. The summed E-state index contributed by atoms with van der Waals surface area (Å²) in [7, 11) is 0. The standard InChI is InChI=1S/C33H49N3O5/c1-10-11-12-20-34-29(38)28(26-15-13-14-22(2)23(26)3)36(32(4,5)6)30(39)27(35-31(40)41-33(7,8)9)21-24-16-18-25(37)19-17-24/h13-19,27-28,37H,10-12,20-21H2,1-9H3,(H,34,38)(H,35,40). The van der Waals surface area contributed by atoms with E-state index in [9.17, 15) is 19.5 Å². The van der Waals surface area contributed by atoms with Gasteiger partial charge in [0.15, 0.2) is 0 Å². The van der Waals surface area contributed by atoms with Crippen molar-refractivity contribution in [2.45, 2.75) is 111 Å². The molecule has 0 aliphatic carbocycles. The molecule has 0 spiro atoms. The molecule has 226 valence electrons. The molecule has 2 rings (SSSR count). The molecule has 3 N–H and O–H groups in total. The first-order valence-electron chi connectivity index (χ1n) is 14.5. The summed E-state index contributed by atoms with van der Waals surface area (Å²) < 4.78 is 5.50. The number of amides is 3. The van der Waals surface area contributed by atoms with Gasteiger partial charge in [0, 0.05) is 18.5 Å². The molecule has 0 saturated heterocycles. The fourth-order valence-electron chi connectivity index (χ4n) is 4.68. The molecule has 41 heavy (non-hydrogen) atoms. The number of carbonyl (C=O) groups is 3. The molecule has 0 aromatic heterocycles. The van der Waals surface area contributed by atoms with E-state index in [0.717, 1.165) is 41.5 Å². The highest BCUT2D eigenvalue weighted by Gasteiger charge is 2.42. The maximum absolute atomic E-state index is 14.6. The van der Waals surface area contributed by atoms with E-state index < -0.39 is 35.2 Å². The molecule has 2 aromatic carbocycles. The van der Waals surface area contributed by atoms with Gasteiger partial charge in [0.25, 0.3) is 0 Å². The van der Waals surface area contributed by atoms with Crippen molar-refractivity contribution < 1.29 is 24.2 Å². The van der Waals surface area contributed by atoms with Crippen LogP contribution in [0.25, 0.3) is 0 Å². The van der Waals surface area contributed by atoms with E-state index in [0.29, 0.717) is 6.54 Å². The highest BCUT2D eigenvalue weighted by molar-refractivity contribution is 5.93. The van der Waals surface area contributed by atoms with Crippen LogP contribution in [0.1, 0.15) is 96.0 Å². The minimum absolute atomic E-state index is 0.0998. The molecule has 2 atom stereocenters. The second-order valence-corrected chi connectivity index (χ2v) is 12.6. The van der Waals surface area contributed by atoms with Gasteiger partial charge in [-0.25, -0.2) is 4.79 Å². The van der Waals surface area contributed by atoms with Crippen molar-refractivity contribution in [1.29, 1.82) is 0 Å². The Morgan fingerprint density at radius 1 is 0.951 bits per heavy atom. The second-order valence-electron chi connectivity index (χ2n) is 12.6.